The van der Waals surface area contributed by atoms with Crippen molar-refractivity contribution in [3.63, 3.8) is 0 Å². The van der Waals surface area contributed by atoms with Crippen LogP contribution in [0.15, 0.2) is 6.07 Å². The molecule has 0 radical (unpaired) electrons. The summed E-state index contributed by atoms with van der Waals surface area (Å²) in [5, 5.41) is 7.72. The van der Waals surface area contributed by atoms with Crippen LogP contribution in [0.25, 0.3) is 0 Å². The maximum absolute atomic E-state index is 12.6. The average molecular weight is 389 g/mol. The van der Waals surface area contributed by atoms with E-state index in [0.29, 0.717) is 25.6 Å². The molecule has 1 N–H and O–H groups in total. The first-order valence-electron chi connectivity index (χ1n) is 10.7. The summed E-state index contributed by atoms with van der Waals surface area (Å²) in [5.41, 5.74) is 1.71. The van der Waals surface area contributed by atoms with E-state index in [1.54, 1.807) is 0 Å². The van der Waals surface area contributed by atoms with Gasteiger partial charge in [0.2, 0.25) is 11.8 Å². The SMILES string of the molecule is CC1(C)C[C@@H](C(=O)NCc2cc3n(n2)CCCN(C(=O)C2CCC2)C3)CCO1. The maximum atomic E-state index is 12.6. The summed E-state index contributed by atoms with van der Waals surface area (Å²) in [6.45, 7) is 7.41. The number of amides is 2. The second-order valence-electron chi connectivity index (χ2n) is 9.11. The van der Waals surface area contributed by atoms with Gasteiger partial charge in [0.1, 0.15) is 0 Å². The predicted octanol–water partition coefficient (Wildman–Crippen LogP) is 2.24. The standard InChI is InChI=1S/C21H32N4O3/c1-21(2)12-16(7-10-28-21)19(26)22-13-17-11-18-14-24(8-4-9-25(18)23-17)20(27)15-5-3-6-15/h11,15-16H,3-10,12-14H2,1-2H3,(H,22,26)/t16-/m0/s1. The van der Waals surface area contributed by atoms with Crippen molar-refractivity contribution in [3.8, 4) is 0 Å². The molecule has 3 heterocycles. The molecule has 2 fully saturated rings. The summed E-state index contributed by atoms with van der Waals surface area (Å²) in [5.74, 6) is 0.621. The smallest absolute Gasteiger partial charge is 0.226 e. The summed E-state index contributed by atoms with van der Waals surface area (Å²) >= 11 is 0. The molecular formula is C21H32N4O3. The molecule has 1 aliphatic carbocycles. The number of ether oxygens (including phenoxy) is 1. The number of fused-ring (bicyclic) bond motifs is 1. The van der Waals surface area contributed by atoms with Crippen LogP contribution in [0.4, 0.5) is 0 Å². The molecule has 0 unspecified atom stereocenters. The molecule has 0 aromatic carbocycles. The molecule has 154 valence electrons. The lowest BCUT2D eigenvalue weighted by molar-refractivity contribution is -0.138. The Morgan fingerprint density at radius 3 is 2.75 bits per heavy atom. The third-order valence-electron chi connectivity index (χ3n) is 6.34. The molecule has 7 heteroatoms. The third kappa shape index (κ3) is 4.24. The summed E-state index contributed by atoms with van der Waals surface area (Å²) < 4.78 is 7.71. The van der Waals surface area contributed by atoms with Crippen LogP contribution in [0.3, 0.4) is 0 Å². The molecule has 28 heavy (non-hydrogen) atoms. The summed E-state index contributed by atoms with van der Waals surface area (Å²) in [4.78, 5) is 27.2. The lowest BCUT2D eigenvalue weighted by Gasteiger charge is -2.34. The van der Waals surface area contributed by atoms with Crippen LogP contribution in [-0.4, -0.2) is 45.2 Å². The fourth-order valence-corrected chi connectivity index (χ4v) is 4.49. The molecule has 1 saturated carbocycles. The van der Waals surface area contributed by atoms with Crippen LogP contribution in [0, 0.1) is 11.8 Å². The van der Waals surface area contributed by atoms with Gasteiger partial charge in [-0.05, 0) is 52.0 Å². The first-order valence-corrected chi connectivity index (χ1v) is 10.7. The quantitative estimate of drug-likeness (QED) is 0.858. The van der Waals surface area contributed by atoms with Crippen molar-refractivity contribution in [2.75, 3.05) is 13.2 Å². The van der Waals surface area contributed by atoms with Gasteiger partial charge in [-0.3, -0.25) is 14.3 Å². The highest BCUT2D eigenvalue weighted by Crippen LogP contribution is 2.30. The number of hydrogen-bond acceptors (Lipinski definition) is 4. The molecule has 1 saturated heterocycles. The highest BCUT2D eigenvalue weighted by Gasteiger charge is 2.33. The Bertz CT molecular complexity index is 738. The van der Waals surface area contributed by atoms with Gasteiger partial charge in [0.25, 0.3) is 0 Å². The van der Waals surface area contributed by atoms with Gasteiger partial charge in [-0.25, -0.2) is 0 Å². The molecular weight excluding hydrogens is 356 g/mol. The molecule has 7 nitrogen and oxygen atoms in total. The number of nitrogens with zero attached hydrogens (tertiary/aromatic N) is 3. The van der Waals surface area contributed by atoms with Crippen LogP contribution < -0.4 is 5.32 Å². The Morgan fingerprint density at radius 2 is 2.04 bits per heavy atom. The Kier molecular flexibility index (Phi) is 5.45. The Balaban J connectivity index is 1.34. The number of carbonyl (C=O) groups excluding carboxylic acids is 2. The Labute approximate surface area is 166 Å². The number of rotatable bonds is 4. The lowest BCUT2D eigenvalue weighted by atomic mass is 9.84. The number of nitrogens with one attached hydrogen (secondary N) is 1. The van der Waals surface area contributed by atoms with Crippen molar-refractivity contribution in [2.24, 2.45) is 11.8 Å². The van der Waals surface area contributed by atoms with Gasteiger partial charge in [0.05, 0.1) is 30.1 Å². The molecule has 1 aromatic heterocycles. The zero-order chi connectivity index (χ0) is 19.7. The van der Waals surface area contributed by atoms with E-state index in [1.807, 2.05) is 29.5 Å². The third-order valence-corrected chi connectivity index (χ3v) is 6.34. The Morgan fingerprint density at radius 1 is 1.21 bits per heavy atom. The van der Waals surface area contributed by atoms with Crippen LogP contribution in [0.2, 0.25) is 0 Å². The first kappa shape index (κ1) is 19.4. The first-order chi connectivity index (χ1) is 13.4. The molecule has 3 aliphatic rings. The largest absolute Gasteiger partial charge is 0.376 e. The Hall–Kier alpha value is -1.89. The lowest BCUT2D eigenvalue weighted by Crippen LogP contribution is -2.41. The van der Waals surface area contributed by atoms with Gasteiger partial charge in [-0.15, -0.1) is 0 Å². The second kappa shape index (κ2) is 7.85. The normalized spacial score (nSPS) is 24.8. The zero-order valence-corrected chi connectivity index (χ0v) is 17.1. The topological polar surface area (TPSA) is 76.5 Å². The van der Waals surface area contributed by atoms with Crippen molar-refractivity contribution < 1.29 is 14.3 Å². The maximum Gasteiger partial charge on any atom is 0.226 e. The average Bonchev–Trinajstić information content (AvgIpc) is 2.87. The minimum atomic E-state index is -0.234. The van der Waals surface area contributed by atoms with E-state index >= 15 is 0 Å². The van der Waals surface area contributed by atoms with Crippen molar-refractivity contribution in [3.05, 3.63) is 17.5 Å². The zero-order valence-electron chi connectivity index (χ0n) is 17.1. The van der Waals surface area contributed by atoms with Gasteiger partial charge in [-0.2, -0.15) is 5.10 Å². The van der Waals surface area contributed by atoms with Crippen molar-refractivity contribution in [1.29, 1.82) is 0 Å². The molecule has 0 bridgehead atoms. The van der Waals surface area contributed by atoms with Crippen LogP contribution in [0.1, 0.15) is 63.8 Å². The van der Waals surface area contributed by atoms with Gasteiger partial charge in [-0.1, -0.05) is 6.42 Å². The fourth-order valence-electron chi connectivity index (χ4n) is 4.49. The molecule has 1 aromatic rings. The fraction of sp³-hybridized carbons (Fsp3) is 0.762. The van der Waals surface area contributed by atoms with E-state index < -0.39 is 0 Å². The van der Waals surface area contributed by atoms with E-state index in [0.717, 1.165) is 56.6 Å². The monoisotopic (exact) mass is 388 g/mol. The summed E-state index contributed by atoms with van der Waals surface area (Å²) in [6.07, 6.45) is 5.69. The molecule has 2 aliphatic heterocycles. The van der Waals surface area contributed by atoms with E-state index in [2.05, 4.69) is 10.4 Å². The number of hydrogen-bond donors (Lipinski definition) is 1. The van der Waals surface area contributed by atoms with Gasteiger partial charge >= 0.3 is 0 Å². The van der Waals surface area contributed by atoms with Crippen LogP contribution >= 0.6 is 0 Å². The highest BCUT2D eigenvalue weighted by molar-refractivity contribution is 5.79. The minimum absolute atomic E-state index is 0.000204. The van der Waals surface area contributed by atoms with Crippen molar-refractivity contribution >= 4 is 11.8 Å². The molecule has 4 rings (SSSR count). The second-order valence-corrected chi connectivity index (χ2v) is 9.11. The number of aryl methyl sites for hydroxylation is 1. The number of carbonyl (C=O) groups is 2. The predicted molar refractivity (Wildman–Crippen MR) is 104 cm³/mol. The van der Waals surface area contributed by atoms with Crippen molar-refractivity contribution in [1.82, 2.24) is 20.0 Å². The van der Waals surface area contributed by atoms with Gasteiger partial charge < -0.3 is 15.0 Å². The summed E-state index contributed by atoms with van der Waals surface area (Å²) in [7, 11) is 0. The number of aromatic nitrogens is 2. The summed E-state index contributed by atoms with van der Waals surface area (Å²) in [6, 6.07) is 2.04. The van der Waals surface area contributed by atoms with E-state index in [4.69, 9.17) is 4.74 Å². The molecule has 0 spiro atoms. The minimum Gasteiger partial charge on any atom is -0.376 e. The van der Waals surface area contributed by atoms with Crippen LogP contribution in [-0.2, 0) is 34.0 Å². The molecule has 1 atom stereocenters. The highest BCUT2D eigenvalue weighted by atomic mass is 16.5. The van der Waals surface area contributed by atoms with Crippen LogP contribution in [0.5, 0.6) is 0 Å². The van der Waals surface area contributed by atoms with E-state index in [-0.39, 0.29) is 23.3 Å². The van der Waals surface area contributed by atoms with Gasteiger partial charge in [0.15, 0.2) is 0 Å². The van der Waals surface area contributed by atoms with Gasteiger partial charge in [0, 0.05) is 31.5 Å². The van der Waals surface area contributed by atoms with E-state index in [9.17, 15) is 9.59 Å². The van der Waals surface area contributed by atoms with E-state index in [1.165, 1.54) is 6.42 Å². The van der Waals surface area contributed by atoms with Crippen molar-refractivity contribution in [2.45, 2.75) is 77.6 Å². The molecule has 2 amide bonds.